The van der Waals surface area contributed by atoms with Crippen LogP contribution < -0.4 is 4.72 Å². The van der Waals surface area contributed by atoms with Crippen LogP contribution in [0.4, 0.5) is 18.9 Å². The van der Waals surface area contributed by atoms with E-state index >= 15 is 0 Å². The molecule has 0 heterocycles. The van der Waals surface area contributed by atoms with E-state index < -0.39 is 39.8 Å². The Morgan fingerprint density at radius 3 is 2.33 bits per heavy atom. The molecular weight excluding hydrogens is 307 g/mol. The van der Waals surface area contributed by atoms with Crippen molar-refractivity contribution in [2.24, 2.45) is 0 Å². The lowest BCUT2D eigenvalue weighted by Crippen LogP contribution is -2.14. The molecule has 0 saturated heterocycles. The van der Waals surface area contributed by atoms with Gasteiger partial charge in [0.1, 0.15) is 17.5 Å². The molecule has 2 aromatic carbocycles. The fraction of sp³-hybridized carbons (Fsp3) is 0.0769. The van der Waals surface area contributed by atoms with Crippen LogP contribution in [0.5, 0.6) is 0 Å². The van der Waals surface area contributed by atoms with Crippen LogP contribution in [0.2, 0.25) is 0 Å². The maximum Gasteiger partial charge on any atom is 0.262 e. The smallest absolute Gasteiger partial charge is 0.262 e. The standard InChI is InChI=1S/C13H10F3NO3S/c14-9-1-4-13(12(16)6-9)17-21(19,20)10-2-3-11(15)8(5-10)7-18/h1-6,17-18H,7H2. The molecular formula is C13H10F3NO3S. The fourth-order valence-corrected chi connectivity index (χ4v) is 2.73. The van der Waals surface area contributed by atoms with Gasteiger partial charge in [-0.1, -0.05) is 0 Å². The number of hydrogen-bond donors (Lipinski definition) is 2. The second-order valence-electron chi connectivity index (χ2n) is 4.14. The third kappa shape index (κ3) is 3.34. The lowest BCUT2D eigenvalue weighted by atomic mass is 10.2. The van der Waals surface area contributed by atoms with Crippen molar-refractivity contribution in [3.8, 4) is 0 Å². The highest BCUT2D eigenvalue weighted by atomic mass is 32.2. The van der Waals surface area contributed by atoms with E-state index in [0.717, 1.165) is 30.3 Å². The molecule has 0 spiro atoms. The highest BCUT2D eigenvalue weighted by molar-refractivity contribution is 7.92. The molecule has 0 aliphatic carbocycles. The van der Waals surface area contributed by atoms with Crippen LogP contribution >= 0.6 is 0 Å². The summed E-state index contributed by atoms with van der Waals surface area (Å²) in [6.07, 6.45) is 0. The number of sulfonamides is 1. The van der Waals surface area contributed by atoms with Gasteiger partial charge in [0, 0.05) is 11.6 Å². The minimum atomic E-state index is -4.19. The molecule has 0 atom stereocenters. The third-order valence-electron chi connectivity index (χ3n) is 2.67. The molecule has 2 rings (SSSR count). The Balaban J connectivity index is 2.38. The van der Waals surface area contributed by atoms with Crippen LogP contribution in [0.15, 0.2) is 41.3 Å². The molecule has 112 valence electrons. The first-order valence-corrected chi connectivity index (χ1v) is 7.19. The first kappa shape index (κ1) is 15.3. The van der Waals surface area contributed by atoms with Crippen molar-refractivity contribution in [1.29, 1.82) is 0 Å². The van der Waals surface area contributed by atoms with Crippen molar-refractivity contribution >= 4 is 15.7 Å². The zero-order valence-electron chi connectivity index (χ0n) is 10.5. The molecule has 0 aromatic heterocycles. The number of nitrogens with one attached hydrogen (secondary N) is 1. The predicted molar refractivity (Wildman–Crippen MR) is 69.5 cm³/mol. The van der Waals surface area contributed by atoms with E-state index in [1.807, 2.05) is 4.72 Å². The largest absolute Gasteiger partial charge is 0.392 e. The predicted octanol–water partition coefficient (Wildman–Crippen LogP) is 2.40. The number of anilines is 1. The summed E-state index contributed by atoms with van der Waals surface area (Å²) < 4.78 is 65.4. The van der Waals surface area contributed by atoms with E-state index in [4.69, 9.17) is 5.11 Å². The van der Waals surface area contributed by atoms with Gasteiger partial charge in [0.15, 0.2) is 0 Å². The summed E-state index contributed by atoms with van der Waals surface area (Å²) >= 11 is 0. The molecule has 0 saturated carbocycles. The minimum Gasteiger partial charge on any atom is -0.392 e. The zero-order chi connectivity index (χ0) is 15.6. The Bertz CT molecular complexity index is 778. The minimum absolute atomic E-state index is 0.211. The lowest BCUT2D eigenvalue weighted by Gasteiger charge is -2.10. The average molecular weight is 317 g/mol. The van der Waals surface area contributed by atoms with Gasteiger partial charge in [-0.05, 0) is 30.3 Å². The van der Waals surface area contributed by atoms with Crippen molar-refractivity contribution in [2.45, 2.75) is 11.5 Å². The van der Waals surface area contributed by atoms with Crippen LogP contribution in [-0.2, 0) is 16.6 Å². The normalized spacial score (nSPS) is 11.4. The number of rotatable bonds is 4. The Morgan fingerprint density at radius 2 is 1.71 bits per heavy atom. The summed E-state index contributed by atoms with van der Waals surface area (Å²) in [5, 5.41) is 8.92. The van der Waals surface area contributed by atoms with E-state index in [1.54, 1.807) is 0 Å². The summed E-state index contributed by atoms with van der Waals surface area (Å²) in [7, 11) is -4.19. The molecule has 0 fully saturated rings. The van der Waals surface area contributed by atoms with Gasteiger partial charge in [-0.3, -0.25) is 4.72 Å². The van der Waals surface area contributed by atoms with Crippen molar-refractivity contribution < 1.29 is 26.7 Å². The molecule has 0 aliphatic rings. The van der Waals surface area contributed by atoms with E-state index in [1.165, 1.54) is 0 Å². The zero-order valence-corrected chi connectivity index (χ0v) is 11.3. The van der Waals surface area contributed by atoms with Crippen molar-refractivity contribution in [2.75, 3.05) is 4.72 Å². The summed E-state index contributed by atoms with van der Waals surface area (Å²) in [5.74, 6) is -2.69. The van der Waals surface area contributed by atoms with Crippen LogP contribution in [0.25, 0.3) is 0 Å². The molecule has 2 N–H and O–H groups in total. The Morgan fingerprint density at radius 1 is 1.00 bits per heavy atom. The molecule has 0 radical (unpaired) electrons. The van der Waals surface area contributed by atoms with Gasteiger partial charge < -0.3 is 5.11 Å². The van der Waals surface area contributed by atoms with Gasteiger partial charge in [-0.15, -0.1) is 0 Å². The number of halogens is 3. The summed E-state index contributed by atoms with van der Waals surface area (Å²) in [4.78, 5) is -0.350. The van der Waals surface area contributed by atoms with Gasteiger partial charge >= 0.3 is 0 Å². The van der Waals surface area contributed by atoms with Gasteiger partial charge in [0.2, 0.25) is 0 Å². The molecule has 4 nitrogen and oxygen atoms in total. The van der Waals surface area contributed by atoms with Gasteiger partial charge in [0.05, 0.1) is 17.2 Å². The lowest BCUT2D eigenvalue weighted by molar-refractivity contribution is 0.275. The van der Waals surface area contributed by atoms with Crippen molar-refractivity contribution in [3.05, 3.63) is 59.4 Å². The highest BCUT2D eigenvalue weighted by Crippen LogP contribution is 2.21. The fourth-order valence-electron chi connectivity index (χ4n) is 1.62. The second-order valence-corrected chi connectivity index (χ2v) is 5.82. The van der Waals surface area contributed by atoms with E-state index in [2.05, 4.69) is 0 Å². The van der Waals surface area contributed by atoms with E-state index in [9.17, 15) is 21.6 Å². The number of aliphatic hydroxyl groups excluding tert-OH is 1. The Kier molecular flexibility index (Phi) is 4.19. The first-order valence-electron chi connectivity index (χ1n) is 5.70. The summed E-state index contributed by atoms with van der Waals surface area (Å²) in [6, 6.07) is 5.13. The Hall–Kier alpha value is -2.06. The average Bonchev–Trinajstić information content (AvgIpc) is 2.42. The summed E-state index contributed by atoms with van der Waals surface area (Å²) in [5.41, 5.74) is -0.649. The van der Waals surface area contributed by atoms with Gasteiger partial charge in [0.25, 0.3) is 10.0 Å². The molecule has 0 bridgehead atoms. The van der Waals surface area contributed by atoms with Gasteiger partial charge in [-0.25, -0.2) is 21.6 Å². The molecule has 0 aliphatic heterocycles. The quantitative estimate of drug-likeness (QED) is 0.910. The maximum atomic E-state index is 13.4. The maximum absolute atomic E-state index is 13.4. The molecule has 8 heteroatoms. The number of hydrogen-bond acceptors (Lipinski definition) is 3. The highest BCUT2D eigenvalue weighted by Gasteiger charge is 2.18. The summed E-state index contributed by atoms with van der Waals surface area (Å²) in [6.45, 7) is -0.680. The second kappa shape index (κ2) is 5.74. The Labute approximate surface area is 118 Å². The van der Waals surface area contributed by atoms with E-state index in [-0.39, 0.29) is 10.5 Å². The van der Waals surface area contributed by atoms with Crippen LogP contribution in [-0.4, -0.2) is 13.5 Å². The van der Waals surface area contributed by atoms with E-state index in [0.29, 0.717) is 6.07 Å². The number of benzene rings is 2. The van der Waals surface area contributed by atoms with Crippen molar-refractivity contribution in [3.63, 3.8) is 0 Å². The first-order chi connectivity index (χ1) is 9.83. The van der Waals surface area contributed by atoms with Crippen LogP contribution in [0, 0.1) is 17.5 Å². The molecule has 0 unspecified atom stereocenters. The van der Waals surface area contributed by atoms with Crippen LogP contribution in [0.3, 0.4) is 0 Å². The number of aliphatic hydroxyl groups is 1. The third-order valence-corrected chi connectivity index (χ3v) is 4.04. The molecule has 2 aromatic rings. The monoisotopic (exact) mass is 317 g/mol. The van der Waals surface area contributed by atoms with Crippen molar-refractivity contribution in [1.82, 2.24) is 0 Å². The molecule has 21 heavy (non-hydrogen) atoms. The topological polar surface area (TPSA) is 66.4 Å². The SMILES string of the molecule is O=S(=O)(Nc1ccc(F)cc1F)c1ccc(F)c(CO)c1. The molecule has 0 amide bonds. The van der Waals surface area contributed by atoms with Crippen LogP contribution in [0.1, 0.15) is 5.56 Å². The van der Waals surface area contributed by atoms with Gasteiger partial charge in [-0.2, -0.15) is 0 Å².